The van der Waals surface area contributed by atoms with Gasteiger partial charge in [0, 0.05) is 26.2 Å². The number of piperazine rings is 1. The van der Waals surface area contributed by atoms with E-state index in [1.165, 1.54) is 22.5 Å². The zero-order chi connectivity index (χ0) is 18.9. The molecule has 9 heteroatoms. The van der Waals surface area contributed by atoms with Crippen LogP contribution in [0, 0.1) is 23.0 Å². The van der Waals surface area contributed by atoms with Crippen molar-refractivity contribution in [2.75, 3.05) is 31.1 Å². The molecule has 0 radical (unpaired) electrons. The molecule has 1 heterocycles. The van der Waals surface area contributed by atoms with Crippen molar-refractivity contribution in [3.05, 3.63) is 58.6 Å². The second kappa shape index (κ2) is 7.19. The first-order valence-corrected chi connectivity index (χ1v) is 9.55. The Morgan fingerprint density at radius 1 is 1.04 bits per heavy atom. The molecule has 5 nitrogen and oxygen atoms in total. The number of nitrogens with zero attached hydrogens (tertiary/aromatic N) is 3. The highest BCUT2D eigenvalue weighted by molar-refractivity contribution is 7.89. The van der Waals surface area contributed by atoms with Gasteiger partial charge in [-0.1, -0.05) is 17.7 Å². The zero-order valence-corrected chi connectivity index (χ0v) is 15.1. The quantitative estimate of drug-likeness (QED) is 0.798. The SMILES string of the molecule is N#Cc1c(F)cccc1N1CCN(S(=O)(=O)c2ccc(F)c(Cl)c2)CC1. The van der Waals surface area contributed by atoms with Gasteiger partial charge in [0.25, 0.3) is 0 Å². The van der Waals surface area contributed by atoms with Crippen LogP contribution in [0.25, 0.3) is 0 Å². The van der Waals surface area contributed by atoms with Gasteiger partial charge in [-0.2, -0.15) is 9.57 Å². The summed E-state index contributed by atoms with van der Waals surface area (Å²) in [5.74, 6) is -1.30. The van der Waals surface area contributed by atoms with Gasteiger partial charge in [0.1, 0.15) is 23.3 Å². The number of halogens is 3. The highest BCUT2D eigenvalue weighted by Gasteiger charge is 2.30. The van der Waals surface area contributed by atoms with Gasteiger partial charge >= 0.3 is 0 Å². The van der Waals surface area contributed by atoms with E-state index >= 15 is 0 Å². The van der Waals surface area contributed by atoms with Gasteiger partial charge in [-0.15, -0.1) is 0 Å². The van der Waals surface area contributed by atoms with Gasteiger partial charge in [0.15, 0.2) is 0 Å². The number of hydrogen-bond acceptors (Lipinski definition) is 4. The first-order valence-electron chi connectivity index (χ1n) is 7.73. The van der Waals surface area contributed by atoms with Crippen LogP contribution >= 0.6 is 11.6 Å². The van der Waals surface area contributed by atoms with Crippen LogP contribution in [0.5, 0.6) is 0 Å². The third-order valence-corrected chi connectivity index (χ3v) is 6.40. The molecule has 2 aromatic carbocycles. The molecule has 0 aromatic heterocycles. The molecule has 0 atom stereocenters. The number of nitriles is 1. The molecule has 26 heavy (non-hydrogen) atoms. The Hall–Kier alpha value is -2.21. The lowest BCUT2D eigenvalue weighted by atomic mass is 10.1. The topological polar surface area (TPSA) is 64.4 Å². The smallest absolute Gasteiger partial charge is 0.243 e. The predicted octanol–water partition coefficient (Wildman–Crippen LogP) is 3.00. The first kappa shape index (κ1) is 18.6. The van der Waals surface area contributed by atoms with Gasteiger partial charge in [-0.25, -0.2) is 17.2 Å². The van der Waals surface area contributed by atoms with Crippen LogP contribution in [-0.2, 0) is 10.0 Å². The van der Waals surface area contributed by atoms with Gasteiger partial charge in [0.05, 0.1) is 15.6 Å². The third-order valence-electron chi connectivity index (χ3n) is 4.21. The molecule has 0 N–H and O–H groups in total. The van der Waals surface area contributed by atoms with Crippen LogP contribution in [0.1, 0.15) is 5.56 Å². The van der Waals surface area contributed by atoms with Crippen LogP contribution in [0.2, 0.25) is 5.02 Å². The van der Waals surface area contributed by atoms with Crippen molar-refractivity contribution < 1.29 is 17.2 Å². The molecule has 2 aromatic rings. The molecule has 1 aliphatic heterocycles. The van der Waals surface area contributed by atoms with Crippen LogP contribution in [0.4, 0.5) is 14.5 Å². The molecule has 3 rings (SSSR count). The Kier molecular flexibility index (Phi) is 5.14. The van der Waals surface area contributed by atoms with Gasteiger partial charge in [-0.05, 0) is 30.3 Å². The summed E-state index contributed by atoms with van der Waals surface area (Å²) in [5, 5.41) is 8.88. The van der Waals surface area contributed by atoms with Crippen molar-refractivity contribution in [1.29, 1.82) is 5.26 Å². The summed E-state index contributed by atoms with van der Waals surface area (Å²) in [6.07, 6.45) is 0. The van der Waals surface area contributed by atoms with E-state index in [1.54, 1.807) is 11.0 Å². The average molecular weight is 398 g/mol. The molecular formula is C17H14ClF2N3O2S. The Labute approximate surface area is 155 Å². The Bertz CT molecular complexity index is 984. The Balaban J connectivity index is 1.79. The van der Waals surface area contributed by atoms with Crippen molar-refractivity contribution >= 4 is 27.3 Å². The predicted molar refractivity (Wildman–Crippen MR) is 93.5 cm³/mol. The summed E-state index contributed by atoms with van der Waals surface area (Å²) in [7, 11) is -3.81. The molecular weight excluding hydrogens is 384 g/mol. The van der Waals surface area contributed by atoms with E-state index in [-0.39, 0.29) is 28.6 Å². The van der Waals surface area contributed by atoms with Crippen molar-refractivity contribution in [1.82, 2.24) is 4.31 Å². The van der Waals surface area contributed by atoms with Crippen molar-refractivity contribution in [2.24, 2.45) is 0 Å². The molecule has 0 aliphatic carbocycles. The minimum Gasteiger partial charge on any atom is -0.368 e. The maximum absolute atomic E-state index is 13.8. The minimum atomic E-state index is -3.81. The van der Waals surface area contributed by atoms with Crippen LogP contribution in [0.15, 0.2) is 41.3 Å². The molecule has 1 fully saturated rings. The van der Waals surface area contributed by atoms with E-state index in [0.717, 1.165) is 12.1 Å². The maximum Gasteiger partial charge on any atom is 0.243 e. The summed E-state index contributed by atoms with van der Waals surface area (Å²) in [6, 6.07) is 9.45. The normalized spacial score (nSPS) is 15.7. The second-order valence-corrected chi connectivity index (χ2v) is 8.06. The summed E-state index contributed by atoms with van der Waals surface area (Å²) in [4.78, 5) is 1.69. The molecule has 0 amide bonds. The number of hydrogen-bond donors (Lipinski definition) is 0. The molecule has 0 saturated carbocycles. The lowest BCUT2D eigenvalue weighted by Crippen LogP contribution is -2.48. The lowest BCUT2D eigenvalue weighted by Gasteiger charge is -2.35. The van der Waals surface area contributed by atoms with Crippen molar-refractivity contribution in [3.63, 3.8) is 0 Å². The van der Waals surface area contributed by atoms with Crippen molar-refractivity contribution in [2.45, 2.75) is 4.90 Å². The zero-order valence-electron chi connectivity index (χ0n) is 13.5. The summed E-state index contributed by atoms with van der Waals surface area (Å²) in [6.45, 7) is 0.899. The summed E-state index contributed by atoms with van der Waals surface area (Å²) < 4.78 is 53.7. The third kappa shape index (κ3) is 3.38. The molecule has 0 unspecified atom stereocenters. The average Bonchev–Trinajstić information content (AvgIpc) is 2.63. The number of anilines is 1. The monoisotopic (exact) mass is 397 g/mol. The van der Waals surface area contributed by atoms with Crippen LogP contribution < -0.4 is 4.90 Å². The Morgan fingerprint density at radius 2 is 1.73 bits per heavy atom. The maximum atomic E-state index is 13.8. The number of rotatable bonds is 3. The fourth-order valence-electron chi connectivity index (χ4n) is 2.84. The van der Waals surface area contributed by atoms with Gasteiger partial charge in [-0.3, -0.25) is 0 Å². The van der Waals surface area contributed by atoms with E-state index < -0.39 is 21.7 Å². The largest absolute Gasteiger partial charge is 0.368 e. The summed E-state index contributed by atoms with van der Waals surface area (Å²) >= 11 is 5.68. The summed E-state index contributed by atoms with van der Waals surface area (Å²) in [5.41, 5.74) is 0.378. The standard InChI is InChI=1S/C17H14ClF2N3O2S/c18-14-10-12(4-5-16(14)20)26(24,25)23-8-6-22(7-9-23)17-3-1-2-15(19)13(17)11-21/h1-5,10H,6-9H2. The van der Waals surface area contributed by atoms with Crippen LogP contribution in [0.3, 0.4) is 0 Å². The minimum absolute atomic E-state index is 0.0610. The molecule has 136 valence electrons. The highest BCUT2D eigenvalue weighted by atomic mass is 35.5. The van der Waals surface area contributed by atoms with Crippen molar-refractivity contribution in [3.8, 4) is 6.07 Å². The fourth-order valence-corrected chi connectivity index (χ4v) is 4.54. The fraction of sp³-hybridized carbons (Fsp3) is 0.235. The highest BCUT2D eigenvalue weighted by Crippen LogP contribution is 2.26. The number of sulfonamides is 1. The number of benzene rings is 2. The molecule has 1 aliphatic rings. The van der Waals surface area contributed by atoms with Gasteiger partial charge in [0.2, 0.25) is 10.0 Å². The molecule has 1 saturated heterocycles. The second-order valence-electron chi connectivity index (χ2n) is 5.71. The van der Waals surface area contributed by atoms with E-state index in [2.05, 4.69) is 0 Å². The molecule has 0 spiro atoms. The Morgan fingerprint density at radius 3 is 2.35 bits per heavy atom. The molecule has 0 bridgehead atoms. The van der Waals surface area contributed by atoms with E-state index in [9.17, 15) is 17.2 Å². The first-order chi connectivity index (χ1) is 12.3. The van der Waals surface area contributed by atoms with Gasteiger partial charge < -0.3 is 4.90 Å². The lowest BCUT2D eigenvalue weighted by molar-refractivity contribution is 0.384. The van der Waals surface area contributed by atoms with E-state index in [4.69, 9.17) is 16.9 Å². The van der Waals surface area contributed by atoms with E-state index in [1.807, 2.05) is 6.07 Å². The van der Waals surface area contributed by atoms with Crippen LogP contribution in [-0.4, -0.2) is 38.9 Å². The van der Waals surface area contributed by atoms with E-state index in [0.29, 0.717) is 18.8 Å².